The number of aromatic nitrogens is 4. The van der Waals surface area contributed by atoms with Crippen LogP contribution in [0.15, 0.2) is 47.1 Å². The first-order chi connectivity index (χ1) is 8.33. The number of benzene rings is 1. The van der Waals surface area contributed by atoms with Gasteiger partial charge in [0.15, 0.2) is 5.82 Å². The van der Waals surface area contributed by atoms with E-state index in [-0.39, 0.29) is 0 Å². The second kappa shape index (κ2) is 3.86. The smallest absolute Gasteiger partial charge is 0.172 e. The van der Waals surface area contributed by atoms with Crippen molar-refractivity contribution in [3.05, 3.63) is 48.5 Å². The molecule has 0 unspecified atom stereocenters. The van der Waals surface area contributed by atoms with Crippen LogP contribution in [0.3, 0.4) is 0 Å². The molecule has 17 heavy (non-hydrogen) atoms. The molecule has 2 aromatic heterocycles. The van der Waals surface area contributed by atoms with Crippen LogP contribution < -0.4 is 0 Å². The van der Waals surface area contributed by atoms with Crippen LogP contribution in [0.25, 0.3) is 17.0 Å². The quantitative estimate of drug-likeness (QED) is 0.672. The minimum absolute atomic E-state index is 0.653. The molecule has 84 valence electrons. The van der Waals surface area contributed by atoms with Gasteiger partial charge in [0.05, 0.1) is 12.0 Å². The summed E-state index contributed by atoms with van der Waals surface area (Å²) in [6, 6.07) is 11.6. The van der Waals surface area contributed by atoms with Gasteiger partial charge in [-0.25, -0.2) is 0 Å². The van der Waals surface area contributed by atoms with Crippen LogP contribution in [-0.4, -0.2) is 20.2 Å². The lowest BCUT2D eigenvalue weighted by atomic mass is 10.1. The van der Waals surface area contributed by atoms with Gasteiger partial charge in [-0.05, 0) is 48.5 Å². The van der Waals surface area contributed by atoms with Gasteiger partial charge in [-0.15, -0.1) is 15.0 Å². The van der Waals surface area contributed by atoms with E-state index in [0.717, 1.165) is 17.0 Å². The highest BCUT2D eigenvalue weighted by molar-refractivity contribution is 5.58. The SMILES string of the molecule is Cc1nnn(-c2ccc(-c3ccco3)cc2)n1. The van der Waals surface area contributed by atoms with E-state index in [4.69, 9.17) is 4.42 Å². The van der Waals surface area contributed by atoms with Gasteiger partial charge in [0, 0.05) is 5.56 Å². The monoisotopic (exact) mass is 226 g/mol. The van der Waals surface area contributed by atoms with E-state index in [1.165, 1.54) is 4.80 Å². The molecule has 3 aromatic rings. The molecule has 0 aliphatic heterocycles. The van der Waals surface area contributed by atoms with E-state index < -0.39 is 0 Å². The van der Waals surface area contributed by atoms with Crippen LogP contribution >= 0.6 is 0 Å². The zero-order chi connectivity index (χ0) is 11.7. The Kier molecular flexibility index (Phi) is 2.22. The minimum Gasteiger partial charge on any atom is -0.464 e. The normalized spacial score (nSPS) is 10.6. The van der Waals surface area contributed by atoms with Crippen molar-refractivity contribution in [3.8, 4) is 17.0 Å². The zero-order valence-electron chi connectivity index (χ0n) is 9.24. The van der Waals surface area contributed by atoms with Gasteiger partial charge in [0.2, 0.25) is 0 Å². The summed E-state index contributed by atoms with van der Waals surface area (Å²) in [5, 5.41) is 11.9. The second-order valence-corrected chi connectivity index (χ2v) is 3.65. The Balaban J connectivity index is 1.95. The van der Waals surface area contributed by atoms with Crippen molar-refractivity contribution in [1.29, 1.82) is 0 Å². The molecule has 0 bridgehead atoms. The summed E-state index contributed by atoms with van der Waals surface area (Å²) in [6.07, 6.45) is 1.66. The van der Waals surface area contributed by atoms with Gasteiger partial charge in [-0.3, -0.25) is 0 Å². The highest BCUT2D eigenvalue weighted by Crippen LogP contribution is 2.20. The van der Waals surface area contributed by atoms with Crippen LogP contribution in [0.2, 0.25) is 0 Å². The van der Waals surface area contributed by atoms with E-state index in [1.807, 2.05) is 36.4 Å². The third-order valence-corrected chi connectivity index (χ3v) is 2.42. The van der Waals surface area contributed by atoms with Crippen LogP contribution in [0.5, 0.6) is 0 Å². The van der Waals surface area contributed by atoms with Gasteiger partial charge in [-0.2, -0.15) is 0 Å². The lowest BCUT2D eigenvalue weighted by Gasteiger charge is -2.00. The lowest BCUT2D eigenvalue weighted by Crippen LogP contribution is -1.98. The maximum atomic E-state index is 5.32. The van der Waals surface area contributed by atoms with Gasteiger partial charge < -0.3 is 4.42 Å². The van der Waals surface area contributed by atoms with Crippen molar-refractivity contribution >= 4 is 0 Å². The van der Waals surface area contributed by atoms with E-state index in [9.17, 15) is 0 Å². The lowest BCUT2D eigenvalue weighted by molar-refractivity contribution is 0.582. The van der Waals surface area contributed by atoms with Crippen molar-refractivity contribution in [2.24, 2.45) is 0 Å². The van der Waals surface area contributed by atoms with Crippen molar-refractivity contribution in [3.63, 3.8) is 0 Å². The maximum absolute atomic E-state index is 5.32. The van der Waals surface area contributed by atoms with Crippen LogP contribution in [0.4, 0.5) is 0 Å². The molecule has 5 heteroatoms. The summed E-state index contributed by atoms with van der Waals surface area (Å²) >= 11 is 0. The highest BCUT2D eigenvalue weighted by Gasteiger charge is 2.03. The van der Waals surface area contributed by atoms with Gasteiger partial charge >= 0.3 is 0 Å². The van der Waals surface area contributed by atoms with Crippen LogP contribution in [0.1, 0.15) is 5.82 Å². The molecule has 0 saturated carbocycles. The fourth-order valence-electron chi connectivity index (χ4n) is 1.60. The van der Waals surface area contributed by atoms with Crippen LogP contribution in [-0.2, 0) is 0 Å². The fourth-order valence-corrected chi connectivity index (χ4v) is 1.60. The molecular weight excluding hydrogens is 216 g/mol. The average molecular weight is 226 g/mol. The molecule has 0 radical (unpaired) electrons. The molecule has 3 rings (SSSR count). The van der Waals surface area contributed by atoms with Crippen molar-refractivity contribution < 1.29 is 4.42 Å². The topological polar surface area (TPSA) is 56.7 Å². The van der Waals surface area contributed by atoms with Crippen LogP contribution in [0, 0.1) is 6.92 Å². The molecule has 0 amide bonds. The third kappa shape index (κ3) is 1.82. The van der Waals surface area contributed by atoms with E-state index in [0.29, 0.717) is 5.82 Å². The summed E-state index contributed by atoms with van der Waals surface area (Å²) in [5.74, 6) is 1.50. The molecule has 0 N–H and O–H groups in total. The summed E-state index contributed by atoms with van der Waals surface area (Å²) in [5.41, 5.74) is 1.90. The molecular formula is C12H10N4O. The molecule has 0 aliphatic carbocycles. The van der Waals surface area contributed by atoms with E-state index in [1.54, 1.807) is 13.2 Å². The molecule has 0 saturated heterocycles. The molecule has 5 nitrogen and oxygen atoms in total. The van der Waals surface area contributed by atoms with E-state index >= 15 is 0 Å². The standard InChI is InChI=1S/C12H10N4O/c1-9-13-15-16(14-9)11-6-4-10(5-7-11)12-3-2-8-17-12/h2-8H,1H3. The Hall–Kier alpha value is -2.43. The number of hydrogen-bond donors (Lipinski definition) is 0. The Morgan fingerprint density at radius 1 is 1.12 bits per heavy atom. The fraction of sp³-hybridized carbons (Fsp3) is 0.0833. The maximum Gasteiger partial charge on any atom is 0.172 e. The second-order valence-electron chi connectivity index (χ2n) is 3.65. The number of furan rings is 1. The molecule has 1 aromatic carbocycles. The Morgan fingerprint density at radius 2 is 1.94 bits per heavy atom. The Labute approximate surface area is 97.7 Å². The number of aryl methyl sites for hydroxylation is 1. The predicted octanol–water partition coefficient (Wildman–Crippen LogP) is 2.23. The first kappa shape index (κ1) is 9.77. The number of tetrazole rings is 1. The van der Waals surface area contributed by atoms with Gasteiger partial charge in [-0.1, -0.05) is 0 Å². The Bertz CT molecular complexity index is 610. The first-order valence-corrected chi connectivity index (χ1v) is 5.24. The average Bonchev–Trinajstić information content (AvgIpc) is 3.00. The third-order valence-electron chi connectivity index (χ3n) is 2.42. The molecule has 2 heterocycles. The van der Waals surface area contributed by atoms with Gasteiger partial charge in [0.1, 0.15) is 5.76 Å². The van der Waals surface area contributed by atoms with E-state index in [2.05, 4.69) is 15.4 Å². The van der Waals surface area contributed by atoms with Gasteiger partial charge in [0.25, 0.3) is 0 Å². The largest absolute Gasteiger partial charge is 0.464 e. The van der Waals surface area contributed by atoms with Crippen molar-refractivity contribution in [2.75, 3.05) is 0 Å². The molecule has 0 spiro atoms. The number of hydrogen-bond acceptors (Lipinski definition) is 4. The predicted molar refractivity (Wildman–Crippen MR) is 61.6 cm³/mol. The summed E-state index contributed by atoms with van der Waals surface area (Å²) in [6.45, 7) is 1.81. The minimum atomic E-state index is 0.653. The summed E-state index contributed by atoms with van der Waals surface area (Å²) < 4.78 is 5.32. The van der Waals surface area contributed by atoms with Crippen molar-refractivity contribution in [1.82, 2.24) is 20.2 Å². The molecule has 0 atom stereocenters. The van der Waals surface area contributed by atoms with Crippen molar-refractivity contribution in [2.45, 2.75) is 6.92 Å². The molecule has 0 aliphatic rings. The first-order valence-electron chi connectivity index (χ1n) is 5.24. The zero-order valence-corrected chi connectivity index (χ0v) is 9.24. The summed E-state index contributed by atoms with van der Waals surface area (Å²) in [7, 11) is 0. The number of rotatable bonds is 2. The summed E-state index contributed by atoms with van der Waals surface area (Å²) in [4.78, 5) is 1.50. The molecule has 0 fully saturated rings. The number of nitrogens with zero attached hydrogens (tertiary/aromatic N) is 4. The highest BCUT2D eigenvalue weighted by atomic mass is 16.3. The Morgan fingerprint density at radius 3 is 2.53 bits per heavy atom.